The first-order valence-corrected chi connectivity index (χ1v) is 8.39. The molecule has 1 saturated carbocycles. The first kappa shape index (κ1) is 16.6. The summed E-state index contributed by atoms with van der Waals surface area (Å²) in [4.78, 5) is 2.42. The minimum absolute atomic E-state index is 0.229. The summed E-state index contributed by atoms with van der Waals surface area (Å²) >= 11 is 6.51. The van der Waals surface area contributed by atoms with Gasteiger partial charge in [-0.05, 0) is 37.3 Å². The van der Waals surface area contributed by atoms with E-state index < -0.39 is 0 Å². The summed E-state index contributed by atoms with van der Waals surface area (Å²) in [5, 5.41) is 13.5. The van der Waals surface area contributed by atoms with Crippen LogP contribution in [0.4, 0.5) is 5.69 Å². The zero-order chi connectivity index (χ0) is 15.2. The van der Waals surface area contributed by atoms with Crippen molar-refractivity contribution < 1.29 is 5.11 Å². The van der Waals surface area contributed by atoms with E-state index in [1.54, 1.807) is 0 Å². The quantitative estimate of drug-likeness (QED) is 0.770. The fourth-order valence-electron chi connectivity index (χ4n) is 2.75. The second-order valence-corrected chi connectivity index (χ2v) is 6.55. The van der Waals surface area contributed by atoms with Gasteiger partial charge in [0.15, 0.2) is 0 Å². The Morgan fingerprint density at radius 3 is 2.71 bits per heavy atom. The maximum Gasteiger partial charge on any atom is 0.0643 e. The van der Waals surface area contributed by atoms with E-state index in [0.717, 1.165) is 30.2 Å². The Kier molecular flexibility index (Phi) is 6.34. The summed E-state index contributed by atoms with van der Waals surface area (Å²) in [6.45, 7) is 6.24. The van der Waals surface area contributed by atoms with Crippen LogP contribution in [0, 0.1) is 0 Å². The molecule has 1 aromatic rings. The van der Waals surface area contributed by atoms with Crippen molar-refractivity contribution >= 4 is 17.3 Å². The molecule has 0 spiro atoms. The second-order valence-electron chi connectivity index (χ2n) is 6.14. The van der Waals surface area contributed by atoms with Crippen molar-refractivity contribution in [3.63, 3.8) is 0 Å². The predicted molar refractivity (Wildman–Crippen MR) is 90.1 cm³/mol. The number of halogens is 1. The maximum absolute atomic E-state index is 9.18. The van der Waals surface area contributed by atoms with Crippen molar-refractivity contribution in [1.29, 1.82) is 0 Å². The van der Waals surface area contributed by atoms with Crippen molar-refractivity contribution in [3.8, 4) is 0 Å². The van der Waals surface area contributed by atoms with Crippen LogP contribution in [0.25, 0.3) is 0 Å². The number of nitrogens with zero attached hydrogens (tertiary/aromatic N) is 1. The molecule has 2 N–H and O–H groups in total. The van der Waals surface area contributed by atoms with E-state index in [9.17, 15) is 5.11 Å². The predicted octanol–water partition coefficient (Wildman–Crippen LogP) is 3.58. The average Bonchev–Trinajstić information content (AvgIpc) is 2.39. The van der Waals surface area contributed by atoms with E-state index in [4.69, 9.17) is 11.6 Å². The lowest BCUT2D eigenvalue weighted by molar-refractivity contribution is 0.283. The van der Waals surface area contributed by atoms with E-state index >= 15 is 0 Å². The third kappa shape index (κ3) is 4.35. The van der Waals surface area contributed by atoms with Gasteiger partial charge in [-0.15, -0.1) is 0 Å². The van der Waals surface area contributed by atoms with Gasteiger partial charge < -0.3 is 15.3 Å². The molecule has 0 heterocycles. The minimum Gasteiger partial charge on any atom is -0.396 e. The SMILES string of the molecule is CC(C)NCc1cccc(Cl)c1N(CCCO)C1CCC1. The number of hydrogen-bond acceptors (Lipinski definition) is 3. The van der Waals surface area contributed by atoms with Crippen LogP contribution in [0.5, 0.6) is 0 Å². The number of aliphatic hydroxyl groups is 1. The molecule has 0 atom stereocenters. The highest BCUT2D eigenvalue weighted by Crippen LogP contribution is 2.36. The molecule has 3 nitrogen and oxygen atoms in total. The van der Waals surface area contributed by atoms with Crippen LogP contribution >= 0.6 is 11.6 Å². The molecule has 0 aromatic heterocycles. The van der Waals surface area contributed by atoms with Crippen LogP contribution in [0.3, 0.4) is 0 Å². The topological polar surface area (TPSA) is 35.5 Å². The van der Waals surface area contributed by atoms with Gasteiger partial charge in [-0.2, -0.15) is 0 Å². The van der Waals surface area contributed by atoms with Crippen LogP contribution < -0.4 is 10.2 Å². The number of aliphatic hydroxyl groups excluding tert-OH is 1. The number of hydrogen-bond donors (Lipinski definition) is 2. The summed E-state index contributed by atoms with van der Waals surface area (Å²) in [6.07, 6.45) is 4.55. The van der Waals surface area contributed by atoms with E-state index in [2.05, 4.69) is 30.1 Å². The molecule has 0 unspecified atom stereocenters. The Hall–Kier alpha value is -0.770. The lowest BCUT2D eigenvalue weighted by Gasteiger charge is -2.40. The molecule has 0 radical (unpaired) electrons. The normalized spacial score (nSPS) is 15.3. The largest absolute Gasteiger partial charge is 0.396 e. The van der Waals surface area contributed by atoms with Gasteiger partial charge in [0.1, 0.15) is 0 Å². The smallest absolute Gasteiger partial charge is 0.0643 e. The molecule has 1 aliphatic carbocycles. The first-order chi connectivity index (χ1) is 10.1. The van der Waals surface area contributed by atoms with Crippen LogP contribution in [0.15, 0.2) is 18.2 Å². The molecule has 0 amide bonds. The van der Waals surface area contributed by atoms with Crippen LogP contribution in [-0.2, 0) is 6.54 Å². The molecular formula is C17H27ClN2O. The molecule has 1 fully saturated rings. The van der Waals surface area contributed by atoms with Crippen molar-refractivity contribution in [1.82, 2.24) is 5.32 Å². The Balaban J connectivity index is 2.24. The Morgan fingerprint density at radius 2 is 2.14 bits per heavy atom. The van der Waals surface area contributed by atoms with Gasteiger partial charge in [0.05, 0.1) is 10.7 Å². The van der Waals surface area contributed by atoms with Crippen LogP contribution in [-0.4, -0.2) is 30.3 Å². The van der Waals surface area contributed by atoms with Gasteiger partial charge in [0, 0.05) is 31.8 Å². The molecule has 2 rings (SSSR count). The first-order valence-electron chi connectivity index (χ1n) is 8.01. The average molecular weight is 311 g/mol. The van der Waals surface area contributed by atoms with E-state index in [1.807, 2.05) is 12.1 Å². The summed E-state index contributed by atoms with van der Waals surface area (Å²) in [5.41, 5.74) is 2.41. The fourth-order valence-corrected chi connectivity index (χ4v) is 3.06. The zero-order valence-electron chi connectivity index (χ0n) is 13.1. The van der Waals surface area contributed by atoms with Gasteiger partial charge in [0.25, 0.3) is 0 Å². The highest BCUT2D eigenvalue weighted by Gasteiger charge is 2.27. The van der Waals surface area contributed by atoms with Crippen molar-refractivity contribution in [3.05, 3.63) is 28.8 Å². The molecule has 4 heteroatoms. The molecule has 118 valence electrons. The van der Waals surface area contributed by atoms with E-state index in [1.165, 1.54) is 24.8 Å². The van der Waals surface area contributed by atoms with Gasteiger partial charge in [-0.25, -0.2) is 0 Å². The zero-order valence-corrected chi connectivity index (χ0v) is 13.9. The Morgan fingerprint density at radius 1 is 1.38 bits per heavy atom. The summed E-state index contributed by atoms with van der Waals surface area (Å²) in [6, 6.07) is 7.18. The Bertz CT molecular complexity index is 446. The van der Waals surface area contributed by atoms with Gasteiger partial charge >= 0.3 is 0 Å². The van der Waals surface area contributed by atoms with E-state index in [0.29, 0.717) is 12.1 Å². The van der Waals surface area contributed by atoms with Crippen molar-refractivity contribution in [2.24, 2.45) is 0 Å². The van der Waals surface area contributed by atoms with Crippen molar-refractivity contribution in [2.45, 2.75) is 58.2 Å². The molecule has 0 saturated heterocycles. The summed E-state index contributed by atoms with van der Waals surface area (Å²) in [7, 11) is 0. The van der Waals surface area contributed by atoms with E-state index in [-0.39, 0.29) is 6.61 Å². The van der Waals surface area contributed by atoms with Crippen molar-refractivity contribution in [2.75, 3.05) is 18.1 Å². The molecule has 21 heavy (non-hydrogen) atoms. The van der Waals surface area contributed by atoms with Gasteiger partial charge in [-0.1, -0.05) is 37.6 Å². The number of benzene rings is 1. The lowest BCUT2D eigenvalue weighted by Crippen LogP contribution is -2.42. The number of nitrogens with one attached hydrogen (secondary N) is 1. The third-order valence-electron chi connectivity index (χ3n) is 4.13. The highest BCUT2D eigenvalue weighted by molar-refractivity contribution is 6.33. The number of anilines is 1. The summed E-state index contributed by atoms with van der Waals surface area (Å²) in [5.74, 6) is 0. The molecule has 0 bridgehead atoms. The van der Waals surface area contributed by atoms with Gasteiger partial charge in [-0.3, -0.25) is 0 Å². The third-order valence-corrected chi connectivity index (χ3v) is 4.44. The molecule has 0 aliphatic heterocycles. The Labute approximate surface area is 133 Å². The lowest BCUT2D eigenvalue weighted by atomic mass is 9.90. The van der Waals surface area contributed by atoms with Crippen LogP contribution in [0.2, 0.25) is 5.02 Å². The number of rotatable bonds is 8. The maximum atomic E-state index is 9.18. The molecule has 1 aliphatic rings. The standard InChI is InChI=1S/C17H27ClN2O/c1-13(2)19-12-14-6-3-9-16(18)17(14)20(10-5-11-21)15-7-4-8-15/h3,6,9,13,15,19,21H,4-5,7-8,10-12H2,1-2H3. The van der Waals surface area contributed by atoms with Gasteiger partial charge in [0.2, 0.25) is 0 Å². The summed E-state index contributed by atoms with van der Waals surface area (Å²) < 4.78 is 0. The van der Waals surface area contributed by atoms with Crippen LogP contribution in [0.1, 0.15) is 45.1 Å². The second kappa shape index (κ2) is 8.02. The minimum atomic E-state index is 0.229. The highest BCUT2D eigenvalue weighted by atomic mass is 35.5. The number of para-hydroxylation sites is 1. The monoisotopic (exact) mass is 310 g/mol. The molecular weight excluding hydrogens is 284 g/mol. The molecule has 1 aromatic carbocycles. The fraction of sp³-hybridized carbons (Fsp3) is 0.647.